The van der Waals surface area contributed by atoms with Crippen LogP contribution in [0.15, 0.2) is 38.0 Å². The zero-order valence-electron chi connectivity index (χ0n) is 10.1. The van der Waals surface area contributed by atoms with E-state index in [4.69, 9.17) is 35.0 Å². The van der Waals surface area contributed by atoms with E-state index in [1.54, 1.807) is 0 Å². The molecule has 96 valence electrons. The molecule has 0 aromatic carbocycles. The van der Waals surface area contributed by atoms with Gasteiger partial charge in [-0.2, -0.15) is 0 Å². The van der Waals surface area contributed by atoms with Crippen molar-refractivity contribution in [1.82, 2.24) is 3.99 Å². The van der Waals surface area contributed by atoms with Crippen LogP contribution in [-0.4, -0.2) is 19.1 Å². The van der Waals surface area contributed by atoms with Gasteiger partial charge < -0.3 is 0 Å². The maximum absolute atomic E-state index is 6.30. The molecule has 0 unspecified atom stereocenters. The Morgan fingerprint density at radius 2 is 1.50 bits per heavy atom. The summed E-state index contributed by atoms with van der Waals surface area (Å²) in [4.78, 5) is 0. The number of rotatable bonds is 7. The molecule has 0 radical (unpaired) electrons. The summed E-state index contributed by atoms with van der Waals surface area (Å²) in [5.74, 6) is 0. The molecule has 1 aromatic rings. The Morgan fingerprint density at radius 3 is 1.78 bits per heavy atom. The Morgan fingerprint density at radius 1 is 1.06 bits per heavy atom. The molecule has 1 aromatic heterocycles. The van der Waals surface area contributed by atoms with Crippen LogP contribution >= 0.6 is 35.0 Å². The minimum atomic E-state index is -1.90. The van der Waals surface area contributed by atoms with Crippen molar-refractivity contribution in [2.75, 3.05) is 0 Å². The van der Waals surface area contributed by atoms with Crippen LogP contribution in [0.2, 0.25) is 28.3 Å². The normalized spacial score (nSPS) is 11.1. The Balaban J connectivity index is 3.38. The van der Waals surface area contributed by atoms with E-state index in [0.29, 0.717) is 10.2 Å². The summed E-state index contributed by atoms with van der Waals surface area (Å²) >= 11 is 18.3. The first-order valence-corrected chi connectivity index (χ1v) is 9.29. The predicted molar refractivity (Wildman–Crippen MR) is 87.5 cm³/mol. The van der Waals surface area contributed by atoms with Crippen molar-refractivity contribution in [2.24, 2.45) is 0 Å². The fourth-order valence-corrected chi connectivity index (χ4v) is 7.29. The fraction of sp³-hybridized carbons (Fsp3) is 0.250. The molecule has 0 atom stereocenters. The van der Waals surface area contributed by atoms with E-state index in [1.807, 2.05) is 25.3 Å². The van der Waals surface area contributed by atoms with Crippen molar-refractivity contribution in [1.29, 1.82) is 0 Å². The van der Waals surface area contributed by atoms with Crippen LogP contribution in [0.1, 0.15) is 0 Å². The van der Waals surface area contributed by atoms with Crippen molar-refractivity contribution in [2.45, 2.75) is 18.1 Å². The van der Waals surface area contributed by atoms with E-state index in [9.17, 15) is 0 Å². The number of hydrogen-bond acceptors (Lipinski definition) is 0. The molecule has 0 amide bonds. The van der Waals surface area contributed by atoms with E-state index in [2.05, 4.69) is 19.7 Å². The van der Waals surface area contributed by atoms with Crippen LogP contribution in [0.25, 0.3) is 0 Å². The molecule has 0 saturated carbocycles. The van der Waals surface area contributed by atoms with Gasteiger partial charge in [-0.25, -0.2) is 0 Å². The second kappa shape index (κ2) is 6.81. The quantitative estimate of drug-likeness (QED) is 0.520. The van der Waals surface area contributed by atoms with Crippen molar-refractivity contribution in [3.8, 4) is 0 Å². The molecule has 0 fully saturated rings. The molecule has 0 aliphatic rings. The summed E-state index contributed by atoms with van der Waals surface area (Å²) < 4.78 is 1.34. The number of aromatic nitrogens is 1. The Hall–Kier alpha value is -0.218. The Kier molecular flexibility index (Phi) is 5.99. The summed E-state index contributed by atoms with van der Waals surface area (Å²) in [7, 11) is -0.0881. The van der Waals surface area contributed by atoms with Crippen LogP contribution < -0.4 is 5.08 Å². The van der Waals surface area contributed by atoms with Crippen molar-refractivity contribution >= 4 is 55.2 Å². The molecule has 0 saturated heterocycles. The summed E-state index contributed by atoms with van der Waals surface area (Å²) in [5.41, 5.74) is 0. The van der Waals surface area contributed by atoms with E-state index in [0.717, 1.165) is 23.2 Å². The Bertz CT molecular complexity index is 444. The molecular formula is C12H15BCl3NSi. The summed E-state index contributed by atoms with van der Waals surface area (Å²) in [6, 6.07) is 2.67. The third-order valence-corrected chi connectivity index (χ3v) is 9.12. The molecule has 0 aliphatic heterocycles. The minimum absolute atomic E-state index is 0.363. The van der Waals surface area contributed by atoms with Gasteiger partial charge in [0, 0.05) is 0 Å². The SMILES string of the molecule is C=CC[Si](CC=C)(CC=C)c1bn(Cl)c(Cl)c1Cl. The first-order valence-electron chi connectivity index (χ1n) is 5.58. The van der Waals surface area contributed by atoms with E-state index in [-0.39, 0.29) is 0 Å². The van der Waals surface area contributed by atoms with Gasteiger partial charge in [-0.15, -0.1) is 0 Å². The van der Waals surface area contributed by atoms with Gasteiger partial charge in [-0.1, -0.05) is 0 Å². The molecule has 0 aliphatic carbocycles. The zero-order chi connectivity index (χ0) is 13.8. The second-order valence-corrected chi connectivity index (χ2v) is 9.64. The van der Waals surface area contributed by atoms with Crippen LogP contribution in [0, 0.1) is 0 Å². The van der Waals surface area contributed by atoms with Gasteiger partial charge in [0.15, 0.2) is 0 Å². The first-order chi connectivity index (χ1) is 8.52. The summed E-state index contributed by atoms with van der Waals surface area (Å²) in [6.45, 7) is 11.5. The van der Waals surface area contributed by atoms with Crippen LogP contribution in [0.5, 0.6) is 0 Å². The average molecular weight is 319 g/mol. The number of allylic oxidation sites excluding steroid dienone is 3. The average Bonchev–Trinajstić information content (AvgIpc) is 2.58. The summed E-state index contributed by atoms with van der Waals surface area (Å²) in [6.07, 6.45) is 5.78. The molecule has 18 heavy (non-hydrogen) atoms. The van der Waals surface area contributed by atoms with Crippen LogP contribution in [0.4, 0.5) is 0 Å². The molecule has 1 heterocycles. The molecule has 1 nitrogen and oxygen atoms in total. The van der Waals surface area contributed by atoms with Gasteiger partial charge in [0.25, 0.3) is 0 Å². The number of nitrogens with zero attached hydrogens (tertiary/aromatic N) is 1. The van der Waals surface area contributed by atoms with Gasteiger partial charge >= 0.3 is 125 Å². The van der Waals surface area contributed by atoms with Gasteiger partial charge in [0.2, 0.25) is 0 Å². The molecule has 0 N–H and O–H groups in total. The van der Waals surface area contributed by atoms with Gasteiger partial charge in [-0.05, 0) is 0 Å². The van der Waals surface area contributed by atoms with E-state index in [1.165, 1.54) is 3.99 Å². The topological polar surface area (TPSA) is 4.93 Å². The van der Waals surface area contributed by atoms with Crippen LogP contribution in [0.3, 0.4) is 0 Å². The standard InChI is InChI=1S/C12H15BCl3NSi/c1-4-7-18(8-5-2,9-6-3)11-10(14)12(15)17(16)13-11/h4-6H,1-3,7-9H2. The molecule has 0 bridgehead atoms. The van der Waals surface area contributed by atoms with Crippen molar-refractivity contribution in [3.05, 3.63) is 48.1 Å². The van der Waals surface area contributed by atoms with Gasteiger partial charge in [0.1, 0.15) is 0 Å². The molecule has 0 spiro atoms. The third kappa shape index (κ3) is 3.02. The van der Waals surface area contributed by atoms with E-state index >= 15 is 0 Å². The van der Waals surface area contributed by atoms with E-state index < -0.39 is 8.07 Å². The first kappa shape index (κ1) is 15.8. The molecule has 1 rings (SSSR count). The van der Waals surface area contributed by atoms with Crippen LogP contribution in [-0.2, 0) is 0 Å². The van der Waals surface area contributed by atoms with Gasteiger partial charge in [-0.3, -0.25) is 0 Å². The Labute approximate surface area is 125 Å². The maximum atomic E-state index is 6.30. The second-order valence-electron chi connectivity index (χ2n) is 4.22. The molecule has 6 heteroatoms. The predicted octanol–water partition coefficient (Wildman–Crippen LogP) is 4.35. The molecular weight excluding hydrogens is 303 g/mol. The monoisotopic (exact) mass is 317 g/mol. The number of halogens is 3. The van der Waals surface area contributed by atoms with Gasteiger partial charge in [0.05, 0.1) is 0 Å². The zero-order valence-corrected chi connectivity index (χ0v) is 13.4. The third-order valence-electron chi connectivity index (χ3n) is 3.02. The summed E-state index contributed by atoms with van der Waals surface area (Å²) in [5, 5.41) is 1.95. The number of hydrogen-bond donors (Lipinski definition) is 0. The fourth-order valence-electron chi connectivity index (χ4n) is 2.21. The van der Waals surface area contributed by atoms with Crippen molar-refractivity contribution < 1.29 is 0 Å². The van der Waals surface area contributed by atoms with Crippen molar-refractivity contribution in [3.63, 3.8) is 0 Å².